The molecule has 2 saturated carbocycles. The number of nitrogens with one attached hydrogen (secondary N) is 2. The van der Waals surface area contributed by atoms with Gasteiger partial charge in [-0.1, -0.05) is 6.07 Å². The summed E-state index contributed by atoms with van der Waals surface area (Å²) in [5, 5.41) is 6.56. The predicted molar refractivity (Wildman–Crippen MR) is 79.4 cm³/mol. The van der Waals surface area contributed by atoms with E-state index in [1.807, 2.05) is 0 Å². The van der Waals surface area contributed by atoms with Crippen molar-refractivity contribution >= 4 is 11.6 Å². The first-order valence-corrected chi connectivity index (χ1v) is 7.94. The summed E-state index contributed by atoms with van der Waals surface area (Å²) in [5.41, 5.74) is 3.73. The molecule has 1 aromatic carbocycles. The Morgan fingerprint density at radius 2 is 1.90 bits per heavy atom. The van der Waals surface area contributed by atoms with E-state index >= 15 is 0 Å². The highest BCUT2D eigenvalue weighted by Crippen LogP contribution is 2.49. The highest BCUT2D eigenvalue weighted by atomic mass is 16.1. The molecule has 1 heterocycles. The monoisotopic (exact) mass is 270 g/mol. The third kappa shape index (κ3) is 2.47. The van der Waals surface area contributed by atoms with Crippen molar-refractivity contribution in [3.63, 3.8) is 0 Å². The van der Waals surface area contributed by atoms with E-state index in [4.69, 9.17) is 0 Å². The SMILES string of the molecule is O=C(Nc1ccc2c(c1)CNCC2)C(C1CC1)C1CC1. The minimum atomic E-state index is 0.263. The molecule has 0 radical (unpaired) electrons. The molecule has 4 rings (SSSR count). The second-order valence-corrected chi connectivity index (χ2v) is 6.60. The third-order valence-corrected chi connectivity index (χ3v) is 4.92. The lowest BCUT2D eigenvalue weighted by molar-refractivity contribution is -0.121. The van der Waals surface area contributed by atoms with Crippen molar-refractivity contribution in [2.24, 2.45) is 17.8 Å². The Labute approximate surface area is 120 Å². The van der Waals surface area contributed by atoms with Gasteiger partial charge in [0.2, 0.25) is 5.91 Å². The van der Waals surface area contributed by atoms with Crippen LogP contribution in [-0.4, -0.2) is 12.5 Å². The fourth-order valence-electron chi connectivity index (χ4n) is 3.51. The van der Waals surface area contributed by atoms with Gasteiger partial charge in [0.15, 0.2) is 0 Å². The molecule has 1 aromatic rings. The van der Waals surface area contributed by atoms with Crippen molar-refractivity contribution in [2.75, 3.05) is 11.9 Å². The summed E-state index contributed by atoms with van der Waals surface area (Å²) in [6, 6.07) is 6.39. The van der Waals surface area contributed by atoms with Crippen molar-refractivity contribution < 1.29 is 4.79 Å². The number of carbonyl (C=O) groups is 1. The smallest absolute Gasteiger partial charge is 0.228 e. The Balaban J connectivity index is 1.48. The molecule has 2 N–H and O–H groups in total. The number of rotatable bonds is 4. The lowest BCUT2D eigenvalue weighted by Gasteiger charge is -2.19. The summed E-state index contributed by atoms with van der Waals surface area (Å²) in [4.78, 5) is 12.5. The van der Waals surface area contributed by atoms with E-state index in [1.165, 1.54) is 36.8 Å². The van der Waals surface area contributed by atoms with Crippen LogP contribution in [0, 0.1) is 17.8 Å². The van der Waals surface area contributed by atoms with Crippen LogP contribution in [0.1, 0.15) is 36.8 Å². The lowest BCUT2D eigenvalue weighted by atomic mass is 9.96. The Hall–Kier alpha value is -1.35. The summed E-state index contributed by atoms with van der Waals surface area (Å²) in [6.45, 7) is 1.98. The number of fused-ring (bicyclic) bond motifs is 1. The van der Waals surface area contributed by atoms with Crippen LogP contribution in [0.15, 0.2) is 18.2 Å². The van der Waals surface area contributed by atoms with Crippen LogP contribution < -0.4 is 10.6 Å². The van der Waals surface area contributed by atoms with Gasteiger partial charge in [-0.3, -0.25) is 4.79 Å². The Bertz CT molecular complexity index is 520. The number of hydrogen-bond donors (Lipinski definition) is 2. The maximum absolute atomic E-state index is 12.5. The molecule has 106 valence electrons. The topological polar surface area (TPSA) is 41.1 Å². The van der Waals surface area contributed by atoms with E-state index in [-0.39, 0.29) is 11.8 Å². The minimum Gasteiger partial charge on any atom is -0.326 e. The summed E-state index contributed by atoms with van der Waals surface area (Å²) in [5.74, 6) is 1.88. The highest BCUT2D eigenvalue weighted by molar-refractivity contribution is 5.93. The normalized spacial score (nSPS) is 21.6. The first-order chi connectivity index (χ1) is 9.81. The molecular formula is C17H22N2O. The molecule has 3 nitrogen and oxygen atoms in total. The first kappa shape index (κ1) is 12.4. The molecule has 0 saturated heterocycles. The Kier molecular flexibility index (Phi) is 3.03. The molecule has 0 unspecified atom stereocenters. The van der Waals surface area contributed by atoms with Crippen LogP contribution in [0.2, 0.25) is 0 Å². The zero-order valence-corrected chi connectivity index (χ0v) is 11.8. The zero-order valence-electron chi connectivity index (χ0n) is 11.8. The molecule has 0 spiro atoms. The molecule has 3 aliphatic rings. The molecule has 20 heavy (non-hydrogen) atoms. The van der Waals surface area contributed by atoms with Crippen LogP contribution in [0.4, 0.5) is 5.69 Å². The standard InChI is InChI=1S/C17H22N2O/c20-17(16(12-1-2-12)13-3-4-13)19-15-6-5-11-7-8-18-10-14(11)9-15/h5-6,9,12-13,16,18H,1-4,7-8,10H2,(H,19,20). The second-order valence-electron chi connectivity index (χ2n) is 6.60. The fourth-order valence-corrected chi connectivity index (χ4v) is 3.51. The molecule has 0 bridgehead atoms. The number of carbonyl (C=O) groups excluding carboxylic acids is 1. The number of hydrogen-bond acceptors (Lipinski definition) is 2. The lowest BCUT2D eigenvalue weighted by Crippen LogP contribution is -2.27. The summed E-state index contributed by atoms with van der Waals surface area (Å²) < 4.78 is 0. The van der Waals surface area contributed by atoms with Gasteiger partial charge >= 0.3 is 0 Å². The molecule has 3 heteroatoms. The average Bonchev–Trinajstić information content (AvgIpc) is 3.33. The minimum absolute atomic E-state index is 0.263. The van der Waals surface area contributed by atoms with E-state index in [0.717, 1.165) is 25.2 Å². The molecule has 2 fully saturated rings. The second kappa shape index (κ2) is 4.88. The summed E-state index contributed by atoms with van der Waals surface area (Å²) in [6.07, 6.45) is 6.10. The maximum atomic E-state index is 12.5. The first-order valence-electron chi connectivity index (χ1n) is 7.94. The fraction of sp³-hybridized carbons (Fsp3) is 0.588. The van der Waals surface area contributed by atoms with Gasteiger partial charge in [-0.25, -0.2) is 0 Å². The van der Waals surface area contributed by atoms with Crippen LogP contribution >= 0.6 is 0 Å². The quantitative estimate of drug-likeness (QED) is 0.883. The van der Waals surface area contributed by atoms with Gasteiger partial charge in [0.1, 0.15) is 0 Å². The third-order valence-electron chi connectivity index (χ3n) is 4.92. The van der Waals surface area contributed by atoms with Crippen molar-refractivity contribution in [1.29, 1.82) is 0 Å². The van der Waals surface area contributed by atoms with Gasteiger partial charge in [-0.15, -0.1) is 0 Å². The van der Waals surface area contributed by atoms with Crippen molar-refractivity contribution in [3.8, 4) is 0 Å². The van der Waals surface area contributed by atoms with Gasteiger partial charge in [-0.2, -0.15) is 0 Å². The summed E-state index contributed by atoms with van der Waals surface area (Å²) >= 11 is 0. The Morgan fingerprint density at radius 3 is 2.60 bits per heavy atom. The van der Waals surface area contributed by atoms with Crippen LogP contribution in [0.5, 0.6) is 0 Å². The van der Waals surface area contributed by atoms with Gasteiger partial charge < -0.3 is 10.6 Å². The van der Waals surface area contributed by atoms with Crippen LogP contribution in [-0.2, 0) is 17.8 Å². The van der Waals surface area contributed by atoms with Crippen LogP contribution in [0.25, 0.3) is 0 Å². The maximum Gasteiger partial charge on any atom is 0.228 e. The zero-order chi connectivity index (χ0) is 13.5. The van der Waals surface area contributed by atoms with Crippen molar-refractivity contribution in [2.45, 2.75) is 38.6 Å². The number of amides is 1. The van der Waals surface area contributed by atoms with Gasteiger partial charge in [-0.05, 0) is 73.7 Å². The predicted octanol–water partition coefficient (Wildman–Crippen LogP) is 2.71. The van der Waals surface area contributed by atoms with E-state index in [9.17, 15) is 4.79 Å². The van der Waals surface area contributed by atoms with E-state index in [1.54, 1.807) is 0 Å². The van der Waals surface area contributed by atoms with Gasteiger partial charge in [0.25, 0.3) is 0 Å². The van der Waals surface area contributed by atoms with Crippen LogP contribution in [0.3, 0.4) is 0 Å². The van der Waals surface area contributed by atoms with Crippen molar-refractivity contribution in [1.82, 2.24) is 5.32 Å². The molecule has 1 aliphatic heterocycles. The molecule has 0 aromatic heterocycles. The largest absolute Gasteiger partial charge is 0.326 e. The number of benzene rings is 1. The molecule has 2 aliphatic carbocycles. The highest BCUT2D eigenvalue weighted by Gasteiger charge is 2.45. The van der Waals surface area contributed by atoms with Gasteiger partial charge in [0, 0.05) is 18.2 Å². The summed E-state index contributed by atoms with van der Waals surface area (Å²) in [7, 11) is 0. The van der Waals surface area contributed by atoms with Gasteiger partial charge in [0.05, 0.1) is 0 Å². The average molecular weight is 270 g/mol. The number of anilines is 1. The van der Waals surface area contributed by atoms with E-state index in [0.29, 0.717) is 11.8 Å². The van der Waals surface area contributed by atoms with Crippen molar-refractivity contribution in [3.05, 3.63) is 29.3 Å². The molecular weight excluding hydrogens is 248 g/mol. The molecule has 1 amide bonds. The Morgan fingerprint density at radius 1 is 1.15 bits per heavy atom. The van der Waals surface area contributed by atoms with E-state index in [2.05, 4.69) is 28.8 Å². The van der Waals surface area contributed by atoms with E-state index < -0.39 is 0 Å². The molecule has 0 atom stereocenters.